The van der Waals surface area contributed by atoms with E-state index < -0.39 is 0 Å². The van der Waals surface area contributed by atoms with Crippen molar-refractivity contribution in [3.05, 3.63) is 60.7 Å². The molecule has 0 amide bonds. The van der Waals surface area contributed by atoms with E-state index >= 15 is 0 Å². The van der Waals surface area contributed by atoms with E-state index in [1.807, 2.05) is 67.6 Å². The minimum absolute atomic E-state index is 0.539. The van der Waals surface area contributed by atoms with Crippen molar-refractivity contribution in [3.63, 3.8) is 0 Å². The standard InChI is InChI=1S/C21H24N4O/c1-3-14-22-20-15-18(16-10-6-5-7-11-16)24-21(25-20)23-17-12-8-9-13-19(17)26-4-2/h5-13,15H,3-4,14H2,1-2H3,(H2,22,23,24,25). The van der Waals surface area contributed by atoms with Gasteiger partial charge >= 0.3 is 0 Å². The summed E-state index contributed by atoms with van der Waals surface area (Å²) in [6.07, 6.45) is 1.03. The van der Waals surface area contributed by atoms with E-state index in [-0.39, 0.29) is 0 Å². The molecule has 2 N–H and O–H groups in total. The van der Waals surface area contributed by atoms with Crippen molar-refractivity contribution in [1.82, 2.24) is 9.97 Å². The fourth-order valence-electron chi connectivity index (χ4n) is 2.58. The van der Waals surface area contributed by atoms with Crippen LogP contribution >= 0.6 is 0 Å². The summed E-state index contributed by atoms with van der Waals surface area (Å²) in [4.78, 5) is 9.29. The highest BCUT2D eigenvalue weighted by atomic mass is 16.5. The maximum Gasteiger partial charge on any atom is 0.229 e. The molecule has 0 radical (unpaired) electrons. The van der Waals surface area contributed by atoms with Crippen LogP contribution in [-0.2, 0) is 0 Å². The maximum atomic E-state index is 5.69. The second-order valence-electron chi connectivity index (χ2n) is 5.81. The highest BCUT2D eigenvalue weighted by molar-refractivity contribution is 5.68. The van der Waals surface area contributed by atoms with Gasteiger partial charge in [-0.3, -0.25) is 0 Å². The Morgan fingerprint density at radius 3 is 2.46 bits per heavy atom. The molecule has 1 heterocycles. The van der Waals surface area contributed by atoms with Gasteiger partial charge in [0, 0.05) is 18.2 Å². The normalized spacial score (nSPS) is 10.4. The van der Waals surface area contributed by atoms with Gasteiger partial charge in [-0.2, -0.15) is 4.98 Å². The smallest absolute Gasteiger partial charge is 0.229 e. The Kier molecular flexibility index (Phi) is 6.04. The second kappa shape index (κ2) is 8.85. The molecule has 0 saturated heterocycles. The molecule has 0 aliphatic rings. The summed E-state index contributed by atoms with van der Waals surface area (Å²) in [6, 6.07) is 19.9. The Bertz CT molecular complexity index is 836. The van der Waals surface area contributed by atoms with Gasteiger partial charge in [-0.1, -0.05) is 49.4 Å². The third-order valence-corrected chi connectivity index (χ3v) is 3.79. The van der Waals surface area contributed by atoms with Crippen LogP contribution < -0.4 is 15.4 Å². The molecule has 2 aromatic carbocycles. The Hall–Kier alpha value is -3.08. The summed E-state index contributed by atoms with van der Waals surface area (Å²) in [5.41, 5.74) is 2.77. The first-order chi connectivity index (χ1) is 12.8. The fourth-order valence-corrected chi connectivity index (χ4v) is 2.58. The van der Waals surface area contributed by atoms with E-state index in [0.717, 1.165) is 41.5 Å². The lowest BCUT2D eigenvalue weighted by atomic mass is 10.1. The zero-order valence-corrected chi connectivity index (χ0v) is 15.2. The molecule has 0 aliphatic carbocycles. The number of aromatic nitrogens is 2. The fraction of sp³-hybridized carbons (Fsp3) is 0.238. The molecule has 134 valence electrons. The van der Waals surface area contributed by atoms with Crippen LogP contribution in [0.1, 0.15) is 20.3 Å². The van der Waals surface area contributed by atoms with E-state index in [1.165, 1.54) is 0 Å². The van der Waals surface area contributed by atoms with Crippen molar-refractivity contribution in [2.75, 3.05) is 23.8 Å². The molecule has 26 heavy (non-hydrogen) atoms. The number of benzene rings is 2. The SMILES string of the molecule is CCCNc1cc(-c2ccccc2)nc(Nc2ccccc2OCC)n1. The molecule has 5 heteroatoms. The minimum atomic E-state index is 0.539. The highest BCUT2D eigenvalue weighted by Crippen LogP contribution is 2.28. The Labute approximate surface area is 154 Å². The zero-order chi connectivity index (χ0) is 18.2. The molecule has 1 aromatic heterocycles. The predicted octanol–water partition coefficient (Wildman–Crippen LogP) is 5.11. The van der Waals surface area contributed by atoms with Gasteiger partial charge in [0.25, 0.3) is 0 Å². The monoisotopic (exact) mass is 348 g/mol. The number of rotatable bonds is 8. The first kappa shape index (κ1) is 17.7. The van der Waals surface area contributed by atoms with Crippen LogP contribution in [0.4, 0.5) is 17.5 Å². The quantitative estimate of drug-likeness (QED) is 0.592. The number of hydrogen-bond acceptors (Lipinski definition) is 5. The van der Waals surface area contributed by atoms with E-state index in [1.54, 1.807) is 0 Å². The molecule has 3 rings (SSSR count). The molecular formula is C21H24N4O. The number of nitrogens with one attached hydrogen (secondary N) is 2. The van der Waals surface area contributed by atoms with E-state index in [9.17, 15) is 0 Å². The summed E-state index contributed by atoms with van der Waals surface area (Å²) < 4.78 is 5.69. The summed E-state index contributed by atoms with van der Waals surface area (Å²) in [5, 5.41) is 6.65. The first-order valence-electron chi connectivity index (χ1n) is 8.97. The van der Waals surface area contributed by atoms with Crippen molar-refractivity contribution >= 4 is 17.5 Å². The average molecular weight is 348 g/mol. The lowest BCUT2D eigenvalue weighted by molar-refractivity contribution is 0.342. The van der Waals surface area contributed by atoms with Crippen LogP contribution in [0.2, 0.25) is 0 Å². The third kappa shape index (κ3) is 4.51. The van der Waals surface area contributed by atoms with Crippen LogP contribution in [0.5, 0.6) is 5.75 Å². The summed E-state index contributed by atoms with van der Waals surface area (Å²) in [5.74, 6) is 2.13. The van der Waals surface area contributed by atoms with Gasteiger partial charge in [-0.15, -0.1) is 0 Å². The Morgan fingerprint density at radius 2 is 1.69 bits per heavy atom. The second-order valence-corrected chi connectivity index (χ2v) is 5.81. The average Bonchev–Trinajstić information content (AvgIpc) is 2.69. The van der Waals surface area contributed by atoms with Crippen LogP contribution in [0.25, 0.3) is 11.3 Å². The van der Waals surface area contributed by atoms with Crippen LogP contribution in [0.3, 0.4) is 0 Å². The lowest BCUT2D eigenvalue weighted by Gasteiger charge is -2.13. The van der Waals surface area contributed by atoms with Gasteiger partial charge in [-0.05, 0) is 25.5 Å². The van der Waals surface area contributed by atoms with Gasteiger partial charge in [0.05, 0.1) is 18.0 Å². The molecule has 0 atom stereocenters. The van der Waals surface area contributed by atoms with Gasteiger partial charge in [0.1, 0.15) is 11.6 Å². The predicted molar refractivity (Wildman–Crippen MR) is 107 cm³/mol. The number of anilines is 3. The largest absolute Gasteiger partial charge is 0.492 e. The van der Waals surface area contributed by atoms with Gasteiger partial charge < -0.3 is 15.4 Å². The van der Waals surface area contributed by atoms with Crippen LogP contribution in [0.15, 0.2) is 60.7 Å². The minimum Gasteiger partial charge on any atom is -0.492 e. The summed E-state index contributed by atoms with van der Waals surface area (Å²) in [6.45, 7) is 5.56. The third-order valence-electron chi connectivity index (χ3n) is 3.79. The molecular weight excluding hydrogens is 324 g/mol. The van der Waals surface area contributed by atoms with Gasteiger partial charge in [0.2, 0.25) is 5.95 Å². The maximum absolute atomic E-state index is 5.69. The van der Waals surface area contributed by atoms with Gasteiger partial charge in [-0.25, -0.2) is 4.98 Å². The first-order valence-corrected chi connectivity index (χ1v) is 8.97. The number of nitrogens with zero attached hydrogens (tertiary/aromatic N) is 2. The summed E-state index contributed by atoms with van der Waals surface area (Å²) in [7, 11) is 0. The van der Waals surface area contributed by atoms with Crippen molar-refractivity contribution in [2.45, 2.75) is 20.3 Å². The molecule has 0 saturated carbocycles. The van der Waals surface area contributed by atoms with Crippen molar-refractivity contribution in [1.29, 1.82) is 0 Å². The van der Waals surface area contributed by atoms with Crippen molar-refractivity contribution in [2.24, 2.45) is 0 Å². The molecule has 5 nitrogen and oxygen atoms in total. The molecule has 0 spiro atoms. The molecule has 0 unspecified atom stereocenters. The Balaban J connectivity index is 1.95. The van der Waals surface area contributed by atoms with E-state index in [0.29, 0.717) is 12.6 Å². The van der Waals surface area contributed by atoms with Crippen LogP contribution in [0, 0.1) is 0 Å². The number of hydrogen-bond donors (Lipinski definition) is 2. The molecule has 0 fully saturated rings. The number of para-hydroxylation sites is 2. The zero-order valence-electron chi connectivity index (χ0n) is 15.2. The topological polar surface area (TPSA) is 59.1 Å². The number of ether oxygens (including phenoxy) is 1. The van der Waals surface area contributed by atoms with Gasteiger partial charge in [0.15, 0.2) is 0 Å². The molecule has 0 aliphatic heterocycles. The lowest BCUT2D eigenvalue weighted by Crippen LogP contribution is -2.06. The van der Waals surface area contributed by atoms with Crippen LogP contribution in [-0.4, -0.2) is 23.1 Å². The van der Waals surface area contributed by atoms with E-state index in [4.69, 9.17) is 9.72 Å². The van der Waals surface area contributed by atoms with Crippen molar-refractivity contribution < 1.29 is 4.74 Å². The van der Waals surface area contributed by atoms with Crippen molar-refractivity contribution in [3.8, 4) is 17.0 Å². The Morgan fingerprint density at radius 1 is 0.923 bits per heavy atom. The molecule has 0 bridgehead atoms. The highest BCUT2D eigenvalue weighted by Gasteiger charge is 2.09. The van der Waals surface area contributed by atoms with E-state index in [2.05, 4.69) is 22.5 Å². The summed E-state index contributed by atoms with van der Waals surface area (Å²) >= 11 is 0. The molecule has 3 aromatic rings.